The first kappa shape index (κ1) is 20.7. The fourth-order valence-corrected chi connectivity index (χ4v) is 3.80. The predicted molar refractivity (Wildman–Crippen MR) is 95.7 cm³/mol. The minimum atomic E-state index is -0.140. The van der Waals surface area contributed by atoms with Crippen LogP contribution >= 0.6 is 33.8 Å². The number of carbonyl (C=O) groups excluding carboxylic acids is 1. The number of hydrogen-bond acceptors (Lipinski definition) is 6. The second kappa shape index (κ2) is 11.3. The molecule has 0 bridgehead atoms. The van der Waals surface area contributed by atoms with Gasteiger partial charge in [0, 0.05) is 30.1 Å². The van der Waals surface area contributed by atoms with E-state index in [0.717, 1.165) is 5.75 Å². The highest BCUT2D eigenvalue weighted by Gasteiger charge is 2.12. The van der Waals surface area contributed by atoms with E-state index in [0.29, 0.717) is 0 Å². The number of rotatable bonds is 8. The van der Waals surface area contributed by atoms with Crippen LogP contribution < -0.4 is 10.6 Å². The van der Waals surface area contributed by atoms with E-state index in [1.54, 1.807) is 21.6 Å². The Morgan fingerprint density at radius 3 is 2.24 bits per heavy atom. The number of thiocarbonyl (C=S) groups is 1. The minimum absolute atomic E-state index is 0.0195. The van der Waals surface area contributed by atoms with Crippen LogP contribution in [0.15, 0.2) is 0 Å². The van der Waals surface area contributed by atoms with Crippen LogP contribution in [0.1, 0.15) is 41.5 Å². The summed E-state index contributed by atoms with van der Waals surface area (Å²) in [7, 11) is 3.18. The molecule has 0 aliphatic rings. The number of hydrogen-bond donors (Lipinski definition) is 2. The van der Waals surface area contributed by atoms with E-state index in [-0.39, 0.29) is 34.9 Å². The van der Waals surface area contributed by atoms with Gasteiger partial charge < -0.3 is 20.1 Å². The molecular weight excluding hydrogens is 328 g/mol. The maximum absolute atomic E-state index is 11.5. The van der Waals surface area contributed by atoms with Gasteiger partial charge in [0.05, 0.1) is 6.10 Å². The number of ether oxygens (including phenoxy) is 2. The van der Waals surface area contributed by atoms with Gasteiger partial charge in [-0.3, -0.25) is 0 Å². The van der Waals surface area contributed by atoms with Crippen molar-refractivity contribution in [3.8, 4) is 0 Å². The molecule has 0 aliphatic carbocycles. The van der Waals surface area contributed by atoms with E-state index in [1.807, 2.05) is 41.5 Å². The Kier molecular flexibility index (Phi) is 11.1. The lowest BCUT2D eigenvalue weighted by atomic mass is 10.4. The van der Waals surface area contributed by atoms with Crippen molar-refractivity contribution in [2.75, 3.05) is 5.75 Å². The first-order valence-corrected chi connectivity index (χ1v) is 9.72. The SMILES string of the molecule is CC(C)NC(=O)NC(C)CSSC(C)OC(=S)OC(C)C. The second-order valence-corrected chi connectivity index (χ2v) is 8.20. The number of amides is 2. The summed E-state index contributed by atoms with van der Waals surface area (Å²) < 4.78 is 10.7. The van der Waals surface area contributed by atoms with Crippen LogP contribution in [-0.4, -0.2) is 40.6 Å². The van der Waals surface area contributed by atoms with Crippen molar-refractivity contribution in [1.29, 1.82) is 0 Å². The topological polar surface area (TPSA) is 59.6 Å². The van der Waals surface area contributed by atoms with Crippen molar-refractivity contribution >= 4 is 45.1 Å². The van der Waals surface area contributed by atoms with Gasteiger partial charge in [-0.15, -0.1) is 0 Å². The summed E-state index contributed by atoms with van der Waals surface area (Å²) in [6, 6.07) is 0.0702. The molecule has 21 heavy (non-hydrogen) atoms. The second-order valence-electron chi connectivity index (χ2n) is 5.16. The highest BCUT2D eigenvalue weighted by molar-refractivity contribution is 8.76. The van der Waals surface area contributed by atoms with Crippen molar-refractivity contribution in [1.82, 2.24) is 10.6 Å². The fraction of sp³-hybridized carbons (Fsp3) is 0.846. The zero-order valence-corrected chi connectivity index (χ0v) is 15.9. The third kappa shape index (κ3) is 13.1. The Hall–Kier alpha value is -0.340. The first-order valence-electron chi connectivity index (χ1n) is 6.93. The maximum Gasteiger partial charge on any atom is 0.353 e. The number of nitrogens with one attached hydrogen (secondary N) is 2. The molecule has 0 spiro atoms. The van der Waals surface area contributed by atoms with E-state index in [4.69, 9.17) is 21.7 Å². The molecule has 2 amide bonds. The van der Waals surface area contributed by atoms with Crippen molar-refractivity contribution in [2.45, 2.75) is 65.2 Å². The molecule has 0 aromatic heterocycles. The summed E-state index contributed by atoms with van der Waals surface area (Å²) in [6.45, 7) is 11.5. The van der Waals surface area contributed by atoms with Crippen molar-refractivity contribution < 1.29 is 14.3 Å². The molecule has 5 nitrogen and oxygen atoms in total. The molecular formula is C13H26N2O3S3. The third-order valence-electron chi connectivity index (χ3n) is 1.91. The first-order chi connectivity index (χ1) is 9.70. The van der Waals surface area contributed by atoms with Gasteiger partial charge >= 0.3 is 11.3 Å². The van der Waals surface area contributed by atoms with Gasteiger partial charge in [-0.05, 0) is 52.3 Å². The van der Waals surface area contributed by atoms with Crippen molar-refractivity contribution in [3.05, 3.63) is 0 Å². The zero-order valence-electron chi connectivity index (χ0n) is 13.5. The van der Waals surface area contributed by atoms with E-state index in [9.17, 15) is 4.79 Å². The smallest absolute Gasteiger partial charge is 0.353 e. The van der Waals surface area contributed by atoms with E-state index >= 15 is 0 Å². The summed E-state index contributed by atoms with van der Waals surface area (Å²) in [5.41, 5.74) is -0.0991. The Labute approximate surface area is 141 Å². The molecule has 0 aromatic rings. The van der Waals surface area contributed by atoms with Gasteiger partial charge in [0.25, 0.3) is 0 Å². The van der Waals surface area contributed by atoms with Gasteiger partial charge in [0.1, 0.15) is 0 Å². The van der Waals surface area contributed by atoms with E-state index < -0.39 is 0 Å². The molecule has 2 N–H and O–H groups in total. The summed E-state index contributed by atoms with van der Waals surface area (Å²) in [6.07, 6.45) is 0.0195. The average molecular weight is 355 g/mol. The number of carbonyl (C=O) groups is 1. The summed E-state index contributed by atoms with van der Waals surface area (Å²) in [5.74, 6) is 0.779. The quantitative estimate of drug-likeness (QED) is 0.395. The van der Waals surface area contributed by atoms with Crippen LogP contribution in [0, 0.1) is 0 Å². The van der Waals surface area contributed by atoms with Crippen LogP contribution in [0.25, 0.3) is 0 Å². The molecule has 2 unspecified atom stereocenters. The highest BCUT2D eigenvalue weighted by atomic mass is 33.1. The van der Waals surface area contributed by atoms with Gasteiger partial charge in [-0.2, -0.15) is 0 Å². The van der Waals surface area contributed by atoms with Crippen molar-refractivity contribution in [2.24, 2.45) is 0 Å². The molecule has 2 atom stereocenters. The fourth-order valence-electron chi connectivity index (χ4n) is 1.18. The molecule has 0 rings (SSSR count). The van der Waals surface area contributed by atoms with E-state index in [1.165, 1.54) is 0 Å². The Morgan fingerprint density at radius 2 is 1.71 bits per heavy atom. The highest BCUT2D eigenvalue weighted by Crippen LogP contribution is 2.28. The van der Waals surface area contributed by atoms with Crippen LogP contribution in [-0.2, 0) is 9.47 Å². The lowest BCUT2D eigenvalue weighted by Gasteiger charge is -2.18. The minimum Gasteiger partial charge on any atom is -0.454 e. The number of urea groups is 1. The van der Waals surface area contributed by atoms with Gasteiger partial charge in [0.15, 0.2) is 5.44 Å². The Morgan fingerprint density at radius 1 is 1.10 bits per heavy atom. The maximum atomic E-state index is 11.5. The molecule has 0 saturated heterocycles. The third-order valence-corrected chi connectivity index (χ3v) is 4.87. The molecule has 124 valence electrons. The van der Waals surface area contributed by atoms with Crippen LogP contribution in [0.3, 0.4) is 0 Å². The van der Waals surface area contributed by atoms with Gasteiger partial charge in [-0.1, -0.05) is 10.8 Å². The molecule has 0 aliphatic heterocycles. The monoisotopic (exact) mass is 354 g/mol. The molecule has 0 heterocycles. The Balaban J connectivity index is 3.77. The van der Waals surface area contributed by atoms with Crippen LogP contribution in [0.2, 0.25) is 0 Å². The van der Waals surface area contributed by atoms with Gasteiger partial charge in [-0.25, -0.2) is 4.79 Å². The largest absolute Gasteiger partial charge is 0.454 e. The normalized spacial score (nSPS) is 13.7. The van der Waals surface area contributed by atoms with Crippen LogP contribution in [0.4, 0.5) is 4.79 Å². The lowest BCUT2D eigenvalue weighted by Crippen LogP contribution is -2.44. The molecule has 0 saturated carbocycles. The Bertz CT molecular complexity index is 298. The lowest BCUT2D eigenvalue weighted by molar-refractivity contribution is 0.136. The molecule has 8 heteroatoms. The predicted octanol–water partition coefficient (Wildman–Crippen LogP) is 3.54. The summed E-state index contributed by atoms with van der Waals surface area (Å²) in [4.78, 5) is 11.5. The zero-order chi connectivity index (χ0) is 16.4. The average Bonchev–Trinajstić information content (AvgIpc) is 2.25. The summed E-state index contributed by atoms with van der Waals surface area (Å²) >= 11 is 4.97. The molecule has 0 fully saturated rings. The van der Waals surface area contributed by atoms with Gasteiger partial charge in [0.2, 0.25) is 0 Å². The van der Waals surface area contributed by atoms with Crippen LogP contribution in [0.5, 0.6) is 0 Å². The van der Waals surface area contributed by atoms with E-state index in [2.05, 4.69) is 10.6 Å². The molecule has 0 radical (unpaired) electrons. The molecule has 0 aromatic carbocycles. The van der Waals surface area contributed by atoms with Crippen molar-refractivity contribution in [3.63, 3.8) is 0 Å². The standard InChI is InChI=1S/C13H26N2O3S3/c1-8(2)14-12(16)15-10(5)7-20-21-11(6)18-13(19)17-9(3)4/h8-11H,7H2,1-6H3,(H2,14,15,16). The summed E-state index contributed by atoms with van der Waals surface area (Å²) in [5, 5.41) is 5.84.